The lowest BCUT2D eigenvalue weighted by Gasteiger charge is -2.11. The van der Waals surface area contributed by atoms with Crippen LogP contribution in [0.1, 0.15) is 41.3 Å². The van der Waals surface area contributed by atoms with Crippen molar-refractivity contribution in [1.82, 2.24) is 9.97 Å². The topological polar surface area (TPSA) is 37.8 Å². The number of aryl methyl sites for hydroxylation is 1. The fourth-order valence-corrected chi connectivity index (χ4v) is 2.98. The molecule has 2 aromatic rings. The second-order valence-electron chi connectivity index (χ2n) is 5.05. The molecule has 2 heterocycles. The highest BCUT2D eigenvalue weighted by Crippen LogP contribution is 2.39. The average molecular weight is 294 g/mol. The van der Waals surface area contributed by atoms with Crippen LogP contribution in [0.2, 0.25) is 5.15 Å². The molecule has 0 bridgehead atoms. The molecular weight excluding hydrogens is 278 g/mol. The Kier molecular flexibility index (Phi) is 3.46. The summed E-state index contributed by atoms with van der Waals surface area (Å²) in [6.07, 6.45) is 2.37. The summed E-state index contributed by atoms with van der Waals surface area (Å²) in [6.45, 7) is 4.87. The molecule has 0 unspecified atom stereocenters. The minimum Gasteiger partial charge on any atom is -0.366 e. The van der Waals surface area contributed by atoms with Crippen LogP contribution in [-0.4, -0.2) is 9.97 Å². The lowest BCUT2D eigenvalue weighted by molar-refractivity contribution is 0.911. The van der Waals surface area contributed by atoms with Gasteiger partial charge in [-0.05, 0) is 48.6 Å². The molecule has 0 saturated heterocycles. The van der Waals surface area contributed by atoms with E-state index in [1.54, 1.807) is 11.3 Å². The van der Waals surface area contributed by atoms with Crippen LogP contribution >= 0.6 is 22.9 Å². The number of anilines is 1. The molecule has 100 valence electrons. The largest absolute Gasteiger partial charge is 0.366 e. The number of aromatic nitrogens is 2. The Morgan fingerprint density at radius 2 is 2.11 bits per heavy atom. The second-order valence-corrected chi connectivity index (χ2v) is 6.16. The van der Waals surface area contributed by atoms with Crippen molar-refractivity contribution in [3.63, 3.8) is 0 Å². The molecule has 0 spiro atoms. The molecular formula is C14H16ClN3S. The van der Waals surface area contributed by atoms with Gasteiger partial charge in [-0.25, -0.2) is 9.97 Å². The van der Waals surface area contributed by atoms with Crippen molar-refractivity contribution in [2.75, 3.05) is 5.32 Å². The number of rotatable bonds is 4. The van der Waals surface area contributed by atoms with Crippen LogP contribution in [0.5, 0.6) is 0 Å². The van der Waals surface area contributed by atoms with Crippen molar-refractivity contribution in [3.8, 4) is 0 Å². The van der Waals surface area contributed by atoms with Gasteiger partial charge in [-0.15, -0.1) is 0 Å². The zero-order chi connectivity index (χ0) is 13.4. The highest BCUT2D eigenvalue weighted by molar-refractivity contribution is 7.08. The Bertz CT molecular complexity index is 605. The third-order valence-corrected chi connectivity index (χ3v) is 4.73. The molecule has 3 rings (SSSR count). The molecule has 19 heavy (non-hydrogen) atoms. The van der Waals surface area contributed by atoms with E-state index in [0.29, 0.717) is 11.1 Å². The predicted octanol–water partition coefficient (Wildman–Crippen LogP) is 4.30. The maximum Gasteiger partial charge on any atom is 0.137 e. The van der Waals surface area contributed by atoms with E-state index in [-0.39, 0.29) is 0 Å². The molecule has 0 amide bonds. The number of hydrogen-bond acceptors (Lipinski definition) is 4. The molecule has 5 heteroatoms. The van der Waals surface area contributed by atoms with E-state index < -0.39 is 0 Å². The van der Waals surface area contributed by atoms with Gasteiger partial charge in [0.25, 0.3) is 0 Å². The Morgan fingerprint density at radius 3 is 2.74 bits per heavy atom. The first-order chi connectivity index (χ1) is 9.15. The highest BCUT2D eigenvalue weighted by Gasteiger charge is 2.28. The molecule has 2 aromatic heterocycles. The molecule has 1 aliphatic carbocycles. The number of hydrogen-bond donors (Lipinski definition) is 1. The van der Waals surface area contributed by atoms with Crippen molar-refractivity contribution in [3.05, 3.63) is 38.4 Å². The van der Waals surface area contributed by atoms with E-state index in [1.807, 2.05) is 6.92 Å². The Balaban J connectivity index is 1.81. The minimum atomic E-state index is 0.515. The van der Waals surface area contributed by atoms with Crippen molar-refractivity contribution in [2.45, 2.75) is 39.2 Å². The zero-order valence-corrected chi connectivity index (χ0v) is 12.6. The van der Waals surface area contributed by atoms with Crippen LogP contribution < -0.4 is 5.32 Å². The van der Waals surface area contributed by atoms with Gasteiger partial charge in [0.1, 0.15) is 16.8 Å². The van der Waals surface area contributed by atoms with Gasteiger partial charge in [-0.3, -0.25) is 0 Å². The summed E-state index contributed by atoms with van der Waals surface area (Å²) in [5.41, 5.74) is 3.56. The normalized spacial score (nSPS) is 14.7. The van der Waals surface area contributed by atoms with Crippen molar-refractivity contribution in [2.24, 2.45) is 0 Å². The first-order valence-corrected chi connectivity index (χ1v) is 7.77. The molecule has 0 aromatic carbocycles. The summed E-state index contributed by atoms with van der Waals surface area (Å²) < 4.78 is 0. The van der Waals surface area contributed by atoms with Gasteiger partial charge in [0.15, 0.2) is 0 Å². The smallest absolute Gasteiger partial charge is 0.137 e. The number of nitrogens with one attached hydrogen (secondary N) is 1. The summed E-state index contributed by atoms with van der Waals surface area (Å²) in [7, 11) is 0. The number of thiophene rings is 1. The van der Waals surface area contributed by atoms with Crippen LogP contribution in [0.25, 0.3) is 0 Å². The van der Waals surface area contributed by atoms with E-state index in [1.165, 1.54) is 24.0 Å². The molecule has 1 saturated carbocycles. The summed E-state index contributed by atoms with van der Waals surface area (Å²) in [4.78, 5) is 9.00. The Morgan fingerprint density at radius 1 is 1.32 bits per heavy atom. The Labute approximate surface area is 122 Å². The number of nitrogens with zero attached hydrogens (tertiary/aromatic N) is 2. The standard InChI is InChI=1S/C14H16ClN3S/c1-8-6-19-7-11(8)5-16-13-9(2)12(15)17-14(18-13)10-3-4-10/h6-7,10H,3-5H2,1-2H3,(H,16,17,18). The van der Waals surface area contributed by atoms with Gasteiger partial charge in [-0.2, -0.15) is 11.3 Å². The SMILES string of the molecule is Cc1cscc1CNc1nc(C2CC2)nc(Cl)c1C. The lowest BCUT2D eigenvalue weighted by atomic mass is 10.2. The maximum absolute atomic E-state index is 6.19. The highest BCUT2D eigenvalue weighted by atomic mass is 35.5. The number of halogens is 1. The summed E-state index contributed by atoms with van der Waals surface area (Å²) in [5, 5.41) is 8.29. The quantitative estimate of drug-likeness (QED) is 0.854. The van der Waals surface area contributed by atoms with Crippen LogP contribution in [0.3, 0.4) is 0 Å². The summed E-state index contributed by atoms with van der Waals surface area (Å²) in [5.74, 6) is 2.27. The lowest BCUT2D eigenvalue weighted by Crippen LogP contribution is -2.07. The molecule has 1 fully saturated rings. The van der Waals surface area contributed by atoms with Crippen molar-refractivity contribution < 1.29 is 0 Å². The van der Waals surface area contributed by atoms with Crippen LogP contribution in [-0.2, 0) is 6.54 Å². The Hall–Kier alpha value is -1.13. The second kappa shape index (κ2) is 5.10. The summed E-state index contributed by atoms with van der Waals surface area (Å²) >= 11 is 7.92. The fraction of sp³-hybridized carbons (Fsp3) is 0.429. The monoisotopic (exact) mass is 293 g/mol. The van der Waals surface area contributed by atoms with Crippen molar-refractivity contribution in [1.29, 1.82) is 0 Å². The van der Waals surface area contributed by atoms with Gasteiger partial charge in [0, 0.05) is 18.0 Å². The molecule has 1 aliphatic rings. The van der Waals surface area contributed by atoms with E-state index in [2.05, 4.69) is 33.0 Å². The predicted molar refractivity (Wildman–Crippen MR) is 80.1 cm³/mol. The third-order valence-electron chi connectivity index (χ3n) is 3.45. The van der Waals surface area contributed by atoms with Crippen LogP contribution in [0, 0.1) is 13.8 Å². The first-order valence-electron chi connectivity index (χ1n) is 6.44. The van der Waals surface area contributed by atoms with Crippen LogP contribution in [0.4, 0.5) is 5.82 Å². The van der Waals surface area contributed by atoms with Gasteiger partial charge < -0.3 is 5.32 Å². The molecule has 0 atom stereocenters. The average Bonchev–Trinajstić information content (AvgIpc) is 3.15. The first kappa shape index (κ1) is 12.9. The van der Waals surface area contributed by atoms with Gasteiger partial charge in [0.05, 0.1) is 0 Å². The molecule has 0 aliphatic heterocycles. The van der Waals surface area contributed by atoms with Gasteiger partial charge >= 0.3 is 0 Å². The summed E-state index contributed by atoms with van der Waals surface area (Å²) in [6, 6.07) is 0. The molecule has 3 nitrogen and oxygen atoms in total. The van der Waals surface area contributed by atoms with Crippen LogP contribution in [0.15, 0.2) is 10.8 Å². The van der Waals surface area contributed by atoms with Crippen molar-refractivity contribution >= 4 is 28.8 Å². The zero-order valence-electron chi connectivity index (χ0n) is 11.0. The van der Waals surface area contributed by atoms with E-state index >= 15 is 0 Å². The third kappa shape index (κ3) is 2.74. The van der Waals surface area contributed by atoms with E-state index in [9.17, 15) is 0 Å². The van der Waals surface area contributed by atoms with E-state index in [0.717, 1.165) is 23.8 Å². The van der Waals surface area contributed by atoms with Gasteiger partial charge in [-0.1, -0.05) is 11.6 Å². The fourth-order valence-electron chi connectivity index (χ4n) is 1.95. The minimum absolute atomic E-state index is 0.515. The van der Waals surface area contributed by atoms with Gasteiger partial charge in [0.2, 0.25) is 0 Å². The maximum atomic E-state index is 6.19. The van der Waals surface area contributed by atoms with E-state index in [4.69, 9.17) is 11.6 Å². The molecule has 0 radical (unpaired) electrons. The molecule has 1 N–H and O–H groups in total.